The molecule has 6 aromatic rings. The monoisotopic (exact) mass is 572 g/mol. The number of phenols is 1. The zero-order valence-electron chi connectivity index (χ0n) is 20.7. The fourth-order valence-electron chi connectivity index (χ4n) is 5.38. The van der Waals surface area contributed by atoms with Crippen molar-refractivity contribution in [2.45, 2.75) is 12.8 Å². The van der Waals surface area contributed by atoms with Gasteiger partial charge in [-0.3, -0.25) is 9.59 Å². The highest BCUT2D eigenvalue weighted by Gasteiger charge is 2.36. The average molecular weight is 573 g/mol. The van der Waals surface area contributed by atoms with Crippen molar-refractivity contribution in [2.75, 3.05) is 22.6 Å². The lowest BCUT2D eigenvalue weighted by Gasteiger charge is -2.17. The van der Waals surface area contributed by atoms with E-state index < -0.39 is 0 Å². The summed E-state index contributed by atoms with van der Waals surface area (Å²) in [5.41, 5.74) is 3.58. The number of hydrogen-bond acceptors (Lipinski definition) is 6. The highest BCUT2D eigenvalue weighted by Crippen LogP contribution is 2.47. The summed E-state index contributed by atoms with van der Waals surface area (Å²) in [6.07, 6.45) is 1.61. The third-order valence-corrected chi connectivity index (χ3v) is 9.79. The second-order valence-electron chi connectivity index (χ2n) is 9.68. The average Bonchev–Trinajstić information content (AvgIpc) is 3.71. The van der Waals surface area contributed by atoms with Gasteiger partial charge in [-0.25, -0.2) is 0 Å². The quantitative estimate of drug-likeness (QED) is 0.209. The van der Waals surface area contributed by atoms with Crippen molar-refractivity contribution in [3.8, 4) is 5.75 Å². The molecule has 0 radical (unpaired) electrons. The van der Waals surface area contributed by atoms with Crippen molar-refractivity contribution in [2.24, 2.45) is 0 Å². The molecule has 0 bridgehead atoms. The normalized spacial score (nSPS) is 14.9. The fourth-order valence-corrected chi connectivity index (χ4v) is 7.58. The number of amides is 2. The maximum atomic E-state index is 13.8. The van der Waals surface area contributed by atoms with Crippen LogP contribution in [-0.4, -0.2) is 29.3 Å². The number of carbonyl (C=O) groups is 2. The molecule has 194 valence electrons. The SMILES string of the molecule is Cc1coc2c(O)cc3c(c12)[C@H](CCl)CN3C(=O)c1cc2cc(NC(=O)c3cc4ccccc4s3)ccc2s1. The zero-order valence-corrected chi connectivity index (χ0v) is 23.0. The first-order valence-electron chi connectivity index (χ1n) is 12.4. The van der Waals surface area contributed by atoms with E-state index in [0.29, 0.717) is 39.1 Å². The molecule has 2 N–H and O–H groups in total. The number of aryl methyl sites for hydroxylation is 1. The minimum atomic E-state index is -0.163. The molecule has 39 heavy (non-hydrogen) atoms. The van der Waals surface area contributed by atoms with Gasteiger partial charge in [0.25, 0.3) is 11.8 Å². The van der Waals surface area contributed by atoms with E-state index in [4.69, 9.17) is 16.0 Å². The molecule has 9 heteroatoms. The van der Waals surface area contributed by atoms with Crippen LogP contribution in [0.15, 0.2) is 71.3 Å². The molecule has 6 nitrogen and oxygen atoms in total. The van der Waals surface area contributed by atoms with Gasteiger partial charge in [0, 0.05) is 44.9 Å². The zero-order chi connectivity index (χ0) is 26.8. The van der Waals surface area contributed by atoms with Crippen LogP contribution < -0.4 is 10.2 Å². The number of halogens is 1. The van der Waals surface area contributed by atoms with Gasteiger partial charge in [0.15, 0.2) is 11.3 Å². The Labute approximate surface area is 236 Å². The number of fused-ring (bicyclic) bond motifs is 5. The maximum absolute atomic E-state index is 13.8. The van der Waals surface area contributed by atoms with Gasteiger partial charge in [-0.2, -0.15) is 0 Å². The number of hydrogen-bond donors (Lipinski definition) is 2. The Kier molecular flexibility index (Phi) is 5.66. The number of benzene rings is 3. The first kappa shape index (κ1) is 24.2. The molecule has 4 heterocycles. The van der Waals surface area contributed by atoms with Crippen LogP contribution >= 0.6 is 34.3 Å². The second kappa shape index (κ2) is 9.12. The minimum absolute atomic E-state index is 0.000216. The topological polar surface area (TPSA) is 82.8 Å². The van der Waals surface area contributed by atoms with E-state index in [1.165, 1.54) is 22.7 Å². The summed E-state index contributed by atoms with van der Waals surface area (Å²) in [5, 5.41) is 16.3. The van der Waals surface area contributed by atoms with Gasteiger partial charge in [-0.05, 0) is 65.2 Å². The molecule has 3 aromatic heterocycles. The molecule has 0 fully saturated rings. The number of nitrogens with one attached hydrogen (secondary N) is 1. The van der Waals surface area contributed by atoms with E-state index in [9.17, 15) is 14.7 Å². The van der Waals surface area contributed by atoms with Gasteiger partial charge in [0.1, 0.15) is 0 Å². The Hall–Kier alpha value is -3.85. The highest BCUT2D eigenvalue weighted by molar-refractivity contribution is 7.21. The lowest BCUT2D eigenvalue weighted by Crippen LogP contribution is -2.29. The first-order valence-corrected chi connectivity index (χ1v) is 14.5. The molecule has 2 amide bonds. The molecule has 0 saturated carbocycles. The summed E-state index contributed by atoms with van der Waals surface area (Å²) in [7, 11) is 0. The summed E-state index contributed by atoms with van der Waals surface area (Å²) >= 11 is 9.20. The molecular formula is C30H21ClN2O4S2. The van der Waals surface area contributed by atoms with E-state index in [2.05, 4.69) is 5.32 Å². The number of furan rings is 1. The summed E-state index contributed by atoms with van der Waals surface area (Å²) < 4.78 is 7.58. The van der Waals surface area contributed by atoms with Crippen molar-refractivity contribution >= 4 is 88.6 Å². The third kappa shape index (κ3) is 3.90. The van der Waals surface area contributed by atoms with Crippen LogP contribution in [0, 0.1) is 6.92 Å². The molecule has 0 saturated heterocycles. The van der Waals surface area contributed by atoms with Gasteiger partial charge < -0.3 is 19.7 Å². The van der Waals surface area contributed by atoms with E-state index in [1.807, 2.05) is 61.5 Å². The Morgan fingerprint density at radius 1 is 1.05 bits per heavy atom. The van der Waals surface area contributed by atoms with E-state index in [-0.39, 0.29) is 23.5 Å². The molecule has 0 unspecified atom stereocenters. The lowest BCUT2D eigenvalue weighted by atomic mass is 9.97. The van der Waals surface area contributed by atoms with Gasteiger partial charge in [0.2, 0.25) is 0 Å². The van der Waals surface area contributed by atoms with Crippen LogP contribution in [0.3, 0.4) is 0 Å². The highest BCUT2D eigenvalue weighted by atomic mass is 35.5. The number of nitrogens with zero attached hydrogens (tertiary/aromatic N) is 1. The maximum Gasteiger partial charge on any atom is 0.268 e. The largest absolute Gasteiger partial charge is 0.504 e. The smallest absolute Gasteiger partial charge is 0.268 e. The molecule has 7 rings (SSSR count). The number of carbonyl (C=O) groups excluding carboxylic acids is 2. The Morgan fingerprint density at radius 2 is 1.82 bits per heavy atom. The second-order valence-corrected chi connectivity index (χ2v) is 12.2. The molecule has 1 aliphatic rings. The summed E-state index contributed by atoms with van der Waals surface area (Å²) in [4.78, 5) is 29.6. The van der Waals surface area contributed by atoms with Crippen molar-refractivity contribution in [3.63, 3.8) is 0 Å². The van der Waals surface area contributed by atoms with Gasteiger partial charge in [-0.1, -0.05) is 18.2 Å². The van der Waals surface area contributed by atoms with E-state index in [0.717, 1.165) is 36.7 Å². The number of aromatic hydroxyl groups is 1. The standard InChI is InChI=1S/C30H21ClN2O4S2/c1-15-14-37-28-21(34)11-20-27(26(15)28)18(12-31)13-33(20)30(36)25-10-17-8-19(6-7-23(17)39-25)32-29(35)24-9-16-4-2-3-5-22(16)38-24/h2-11,14,18,34H,12-13H2,1H3,(H,32,35)/t18-/m1/s1. The first-order chi connectivity index (χ1) is 18.9. The van der Waals surface area contributed by atoms with Crippen molar-refractivity contribution < 1.29 is 19.1 Å². The summed E-state index contributed by atoms with van der Waals surface area (Å²) in [6.45, 7) is 2.34. The van der Waals surface area contributed by atoms with Crippen LogP contribution in [0.2, 0.25) is 0 Å². The van der Waals surface area contributed by atoms with Crippen LogP contribution in [-0.2, 0) is 0 Å². The van der Waals surface area contributed by atoms with Crippen molar-refractivity contribution in [1.82, 2.24) is 0 Å². The summed E-state index contributed by atoms with van der Waals surface area (Å²) in [6, 6.07) is 18.9. The fraction of sp³-hybridized carbons (Fsp3) is 0.133. The van der Waals surface area contributed by atoms with Gasteiger partial charge in [-0.15, -0.1) is 34.3 Å². The van der Waals surface area contributed by atoms with Crippen molar-refractivity contribution in [3.05, 3.63) is 87.8 Å². The molecule has 0 spiro atoms. The van der Waals surface area contributed by atoms with Gasteiger partial charge >= 0.3 is 0 Å². The molecule has 0 aliphatic carbocycles. The van der Waals surface area contributed by atoms with Crippen LogP contribution in [0.25, 0.3) is 31.1 Å². The Bertz CT molecular complexity index is 1920. The predicted octanol–water partition coefficient (Wildman–Crippen LogP) is 8.11. The number of thiophene rings is 2. The minimum Gasteiger partial charge on any atom is -0.504 e. The summed E-state index contributed by atoms with van der Waals surface area (Å²) in [5.74, 6) is -0.0454. The number of anilines is 2. The molecular weight excluding hydrogens is 552 g/mol. The number of alkyl halides is 1. The van der Waals surface area contributed by atoms with Crippen LogP contribution in [0.1, 0.15) is 36.4 Å². The van der Waals surface area contributed by atoms with Crippen LogP contribution in [0.5, 0.6) is 5.75 Å². The molecule has 3 aromatic carbocycles. The van der Waals surface area contributed by atoms with Gasteiger partial charge in [0.05, 0.1) is 21.7 Å². The third-order valence-electron chi connectivity index (χ3n) is 7.19. The number of rotatable bonds is 4. The predicted molar refractivity (Wildman–Crippen MR) is 159 cm³/mol. The van der Waals surface area contributed by atoms with Crippen LogP contribution in [0.4, 0.5) is 11.4 Å². The number of phenolic OH excluding ortho intramolecular Hbond substituents is 1. The van der Waals surface area contributed by atoms with E-state index in [1.54, 1.807) is 17.2 Å². The Morgan fingerprint density at radius 3 is 2.64 bits per heavy atom. The molecule has 1 aliphatic heterocycles. The Balaban J connectivity index is 1.19. The van der Waals surface area contributed by atoms with E-state index >= 15 is 0 Å². The van der Waals surface area contributed by atoms with Crippen molar-refractivity contribution in [1.29, 1.82) is 0 Å². The molecule has 1 atom stereocenters. The lowest BCUT2D eigenvalue weighted by molar-refractivity contribution is 0.0990.